The van der Waals surface area contributed by atoms with Gasteiger partial charge in [0, 0.05) is 0 Å². The van der Waals surface area contributed by atoms with Crippen molar-refractivity contribution >= 4 is 21.4 Å². The minimum Gasteiger partial charge on any atom is -0.493 e. The third kappa shape index (κ3) is 4.00. The summed E-state index contributed by atoms with van der Waals surface area (Å²) in [5.74, 6) is 2.04. The molecule has 0 aliphatic rings. The Labute approximate surface area is 157 Å². The lowest BCUT2D eigenvalue weighted by molar-refractivity contribution is 0.335. The molecule has 7 heteroatoms. The van der Waals surface area contributed by atoms with Gasteiger partial charge in [0.25, 0.3) is 0 Å². The van der Waals surface area contributed by atoms with Gasteiger partial charge < -0.3 is 9.15 Å². The maximum Gasteiger partial charge on any atom is 0.240 e. The molecule has 3 rings (SSSR count). The van der Waals surface area contributed by atoms with E-state index in [1.165, 1.54) is 0 Å². The quantitative estimate of drug-likeness (QED) is 0.644. The summed E-state index contributed by atoms with van der Waals surface area (Å²) >= 11 is 1.57. The largest absolute Gasteiger partial charge is 0.493 e. The third-order valence-corrected chi connectivity index (χ3v) is 6.16. The normalized spacial score (nSPS) is 11.7. The predicted molar refractivity (Wildman–Crippen MR) is 103 cm³/mol. The monoisotopic (exact) mass is 391 g/mol. The molecule has 0 bridgehead atoms. The van der Waals surface area contributed by atoms with Gasteiger partial charge in [-0.25, -0.2) is 13.1 Å². The van der Waals surface area contributed by atoms with E-state index in [0.29, 0.717) is 12.4 Å². The Morgan fingerprint density at radius 2 is 1.88 bits per heavy atom. The standard InChI is InChI=1S/C19H21NO4S2/c1-4-23-19-13(2)10-16(11-14(19)3)26(21,22)20-12-15-7-8-17(24-15)18-6-5-9-25-18/h5-11,20H,4,12H2,1-3H3. The highest BCUT2D eigenvalue weighted by Gasteiger charge is 2.18. The molecule has 0 aliphatic heterocycles. The summed E-state index contributed by atoms with van der Waals surface area (Å²) in [6.45, 7) is 6.22. The molecule has 2 aromatic heterocycles. The van der Waals surface area contributed by atoms with Crippen LogP contribution >= 0.6 is 11.3 Å². The molecule has 138 valence electrons. The molecule has 0 unspecified atom stereocenters. The molecule has 0 spiro atoms. The number of benzene rings is 1. The third-order valence-electron chi connectivity index (χ3n) is 3.89. The average Bonchev–Trinajstić information content (AvgIpc) is 3.27. The van der Waals surface area contributed by atoms with E-state index in [1.807, 2.05) is 44.4 Å². The molecular weight excluding hydrogens is 370 g/mol. The summed E-state index contributed by atoms with van der Waals surface area (Å²) in [5.41, 5.74) is 1.59. The highest BCUT2D eigenvalue weighted by Crippen LogP contribution is 2.28. The van der Waals surface area contributed by atoms with Crippen molar-refractivity contribution in [1.82, 2.24) is 4.72 Å². The van der Waals surface area contributed by atoms with Crippen molar-refractivity contribution in [3.63, 3.8) is 0 Å². The molecule has 26 heavy (non-hydrogen) atoms. The summed E-state index contributed by atoms with van der Waals surface area (Å²) in [6, 6.07) is 10.8. The topological polar surface area (TPSA) is 68.5 Å². The van der Waals surface area contributed by atoms with Crippen molar-refractivity contribution in [2.45, 2.75) is 32.2 Å². The number of rotatable bonds is 7. The Hall–Kier alpha value is -2.09. The lowest BCUT2D eigenvalue weighted by Crippen LogP contribution is -2.23. The van der Waals surface area contributed by atoms with Crippen LogP contribution in [0.1, 0.15) is 23.8 Å². The first-order chi connectivity index (χ1) is 12.4. The second-order valence-electron chi connectivity index (χ2n) is 5.89. The fraction of sp³-hybridized carbons (Fsp3) is 0.263. The smallest absolute Gasteiger partial charge is 0.240 e. The second-order valence-corrected chi connectivity index (χ2v) is 8.60. The van der Waals surface area contributed by atoms with Crippen molar-refractivity contribution in [3.05, 3.63) is 58.7 Å². The zero-order chi connectivity index (χ0) is 18.7. The van der Waals surface area contributed by atoms with Gasteiger partial charge in [0.2, 0.25) is 10.0 Å². The highest BCUT2D eigenvalue weighted by molar-refractivity contribution is 7.89. The van der Waals surface area contributed by atoms with Crippen LogP contribution in [0.2, 0.25) is 0 Å². The van der Waals surface area contributed by atoms with Crippen LogP contribution in [0.5, 0.6) is 5.75 Å². The summed E-state index contributed by atoms with van der Waals surface area (Å²) in [5, 5.41) is 1.97. The number of hydrogen-bond donors (Lipinski definition) is 1. The first kappa shape index (κ1) is 18.7. The van der Waals surface area contributed by atoms with Crippen molar-refractivity contribution in [3.8, 4) is 16.4 Å². The van der Waals surface area contributed by atoms with Crippen molar-refractivity contribution in [1.29, 1.82) is 0 Å². The van der Waals surface area contributed by atoms with Gasteiger partial charge in [-0.2, -0.15) is 0 Å². The minimum absolute atomic E-state index is 0.0962. The molecule has 0 amide bonds. The Balaban J connectivity index is 1.75. The van der Waals surface area contributed by atoms with Crippen LogP contribution in [-0.2, 0) is 16.6 Å². The van der Waals surface area contributed by atoms with Crippen LogP contribution < -0.4 is 9.46 Å². The first-order valence-corrected chi connectivity index (χ1v) is 10.6. The Bertz CT molecular complexity index is 965. The molecule has 0 radical (unpaired) electrons. The first-order valence-electron chi connectivity index (χ1n) is 8.27. The molecular formula is C19H21NO4S2. The van der Waals surface area contributed by atoms with Gasteiger partial charge in [0.15, 0.2) is 0 Å². The van der Waals surface area contributed by atoms with E-state index in [9.17, 15) is 8.42 Å². The summed E-state index contributed by atoms with van der Waals surface area (Å²) in [6.07, 6.45) is 0. The van der Waals surface area contributed by atoms with E-state index in [1.54, 1.807) is 29.5 Å². The van der Waals surface area contributed by atoms with E-state index in [-0.39, 0.29) is 11.4 Å². The zero-order valence-electron chi connectivity index (χ0n) is 14.9. The summed E-state index contributed by atoms with van der Waals surface area (Å²) in [4.78, 5) is 1.23. The van der Waals surface area contributed by atoms with Gasteiger partial charge in [0.05, 0.1) is 22.9 Å². The van der Waals surface area contributed by atoms with Crippen LogP contribution in [0, 0.1) is 13.8 Å². The lowest BCUT2D eigenvalue weighted by atomic mass is 10.1. The van der Waals surface area contributed by atoms with Crippen LogP contribution in [-0.4, -0.2) is 15.0 Å². The molecule has 2 heterocycles. The molecule has 0 aliphatic carbocycles. The number of ether oxygens (including phenoxy) is 1. The van der Waals surface area contributed by atoms with Crippen LogP contribution in [0.15, 0.2) is 51.1 Å². The van der Waals surface area contributed by atoms with Crippen LogP contribution in [0.3, 0.4) is 0 Å². The molecule has 0 fully saturated rings. The fourth-order valence-corrected chi connectivity index (χ4v) is 4.56. The Kier molecular flexibility index (Phi) is 5.50. The molecule has 1 N–H and O–H groups in total. The van der Waals surface area contributed by atoms with Crippen LogP contribution in [0.25, 0.3) is 10.6 Å². The van der Waals surface area contributed by atoms with E-state index in [2.05, 4.69) is 4.72 Å². The van der Waals surface area contributed by atoms with Gasteiger partial charge >= 0.3 is 0 Å². The molecule has 0 atom stereocenters. The number of nitrogens with one attached hydrogen (secondary N) is 1. The summed E-state index contributed by atoms with van der Waals surface area (Å²) < 4.78 is 39.1. The van der Waals surface area contributed by atoms with Crippen molar-refractivity contribution in [2.75, 3.05) is 6.61 Å². The van der Waals surface area contributed by atoms with Gasteiger partial charge in [-0.05, 0) is 67.6 Å². The minimum atomic E-state index is -3.64. The number of hydrogen-bond acceptors (Lipinski definition) is 5. The van der Waals surface area contributed by atoms with E-state index < -0.39 is 10.0 Å². The van der Waals surface area contributed by atoms with E-state index in [0.717, 1.165) is 27.5 Å². The SMILES string of the molecule is CCOc1c(C)cc(S(=O)(=O)NCc2ccc(-c3cccs3)o2)cc1C. The van der Waals surface area contributed by atoms with Crippen LogP contribution in [0.4, 0.5) is 0 Å². The Morgan fingerprint density at radius 3 is 2.50 bits per heavy atom. The van der Waals surface area contributed by atoms with Crippen molar-refractivity contribution < 1.29 is 17.6 Å². The lowest BCUT2D eigenvalue weighted by Gasteiger charge is -2.13. The molecule has 0 saturated heterocycles. The van der Waals surface area contributed by atoms with Gasteiger partial charge in [-0.3, -0.25) is 0 Å². The predicted octanol–water partition coefficient (Wildman–Crippen LogP) is 4.50. The second kappa shape index (κ2) is 7.65. The Morgan fingerprint density at radius 1 is 1.15 bits per heavy atom. The van der Waals surface area contributed by atoms with Crippen molar-refractivity contribution in [2.24, 2.45) is 0 Å². The average molecular weight is 392 g/mol. The molecule has 3 aromatic rings. The highest BCUT2D eigenvalue weighted by atomic mass is 32.2. The van der Waals surface area contributed by atoms with E-state index >= 15 is 0 Å². The number of sulfonamides is 1. The van der Waals surface area contributed by atoms with Gasteiger partial charge in [-0.1, -0.05) is 6.07 Å². The van der Waals surface area contributed by atoms with Gasteiger partial charge in [0.1, 0.15) is 17.3 Å². The number of thiophene rings is 1. The molecule has 0 saturated carbocycles. The summed E-state index contributed by atoms with van der Waals surface area (Å²) in [7, 11) is -3.64. The molecule has 1 aromatic carbocycles. The van der Waals surface area contributed by atoms with Gasteiger partial charge in [-0.15, -0.1) is 11.3 Å². The maximum absolute atomic E-state index is 12.6. The fourth-order valence-electron chi connectivity index (χ4n) is 2.71. The number of aryl methyl sites for hydroxylation is 2. The van der Waals surface area contributed by atoms with E-state index in [4.69, 9.17) is 9.15 Å². The zero-order valence-corrected chi connectivity index (χ0v) is 16.5. The maximum atomic E-state index is 12.6. The molecule has 5 nitrogen and oxygen atoms in total. The number of furan rings is 1.